The fourth-order valence-electron chi connectivity index (χ4n) is 2.42. The number of nitrogens with zero attached hydrogens (tertiary/aromatic N) is 2. The van der Waals surface area contributed by atoms with E-state index in [1.807, 2.05) is 6.07 Å². The summed E-state index contributed by atoms with van der Waals surface area (Å²) in [4.78, 5) is 19.0. The van der Waals surface area contributed by atoms with Crippen LogP contribution in [-0.2, 0) is 6.61 Å². The molecule has 1 aromatic heterocycles. The van der Waals surface area contributed by atoms with Crippen LogP contribution in [0, 0.1) is 17.1 Å². The summed E-state index contributed by atoms with van der Waals surface area (Å²) in [6, 6.07) is 13.4. The minimum Gasteiger partial charge on any atom is -0.489 e. The molecule has 2 aromatic carbocycles. The minimum absolute atomic E-state index is 0.0141. The molecule has 0 atom stereocenters. The second-order valence-corrected chi connectivity index (χ2v) is 6.64. The van der Waals surface area contributed by atoms with Crippen LogP contribution in [0.5, 0.6) is 5.75 Å². The number of aromatic nitrogens is 2. The Morgan fingerprint density at radius 3 is 2.85 bits per heavy atom. The minimum atomic E-state index is -0.525. The Morgan fingerprint density at radius 2 is 2.11 bits per heavy atom. The van der Waals surface area contributed by atoms with Crippen LogP contribution in [-0.4, -0.2) is 16.2 Å². The van der Waals surface area contributed by atoms with E-state index in [9.17, 15) is 14.4 Å². The van der Waals surface area contributed by atoms with E-state index in [4.69, 9.17) is 16.3 Å². The van der Waals surface area contributed by atoms with Crippen molar-refractivity contribution < 1.29 is 9.13 Å². The molecule has 0 saturated carbocycles. The van der Waals surface area contributed by atoms with Gasteiger partial charge in [0.1, 0.15) is 29.8 Å². The molecular weight excluding hydrogens is 389 g/mol. The van der Waals surface area contributed by atoms with Crippen molar-refractivity contribution in [1.82, 2.24) is 9.97 Å². The highest BCUT2D eigenvalue weighted by atomic mass is 35.5. The summed E-state index contributed by atoms with van der Waals surface area (Å²) in [5, 5.41) is 9.73. The lowest BCUT2D eigenvalue weighted by molar-refractivity contribution is 0.300. The summed E-state index contributed by atoms with van der Waals surface area (Å²) >= 11 is 7.04. The van der Waals surface area contributed by atoms with Gasteiger partial charge in [-0.05, 0) is 24.5 Å². The van der Waals surface area contributed by atoms with Crippen LogP contribution >= 0.6 is 23.4 Å². The third-order valence-electron chi connectivity index (χ3n) is 3.74. The number of halogens is 2. The Bertz CT molecular complexity index is 1100. The molecule has 3 aromatic rings. The summed E-state index contributed by atoms with van der Waals surface area (Å²) in [6.45, 7) is -0.0141. The van der Waals surface area contributed by atoms with Crippen molar-refractivity contribution in [3.8, 4) is 23.1 Å². The van der Waals surface area contributed by atoms with Crippen molar-refractivity contribution in [2.45, 2.75) is 11.8 Å². The van der Waals surface area contributed by atoms with Crippen LogP contribution in [0.2, 0.25) is 5.02 Å². The molecule has 0 bridgehead atoms. The topological polar surface area (TPSA) is 78.8 Å². The Kier molecular flexibility index (Phi) is 5.79. The maximum atomic E-state index is 14.0. The Labute approximate surface area is 163 Å². The maximum Gasteiger partial charge on any atom is 0.270 e. The predicted octanol–water partition coefficient (Wildman–Crippen LogP) is 4.40. The van der Waals surface area contributed by atoms with Gasteiger partial charge in [0.2, 0.25) is 0 Å². The average molecular weight is 402 g/mol. The largest absolute Gasteiger partial charge is 0.489 e. The molecule has 0 fully saturated rings. The lowest BCUT2D eigenvalue weighted by Crippen LogP contribution is -2.14. The van der Waals surface area contributed by atoms with Gasteiger partial charge in [-0.15, -0.1) is 0 Å². The van der Waals surface area contributed by atoms with Gasteiger partial charge in [0.05, 0.1) is 10.7 Å². The summed E-state index contributed by atoms with van der Waals surface area (Å²) in [5.41, 5.74) is 0.566. The number of aromatic amines is 1. The van der Waals surface area contributed by atoms with E-state index < -0.39 is 11.4 Å². The van der Waals surface area contributed by atoms with Gasteiger partial charge in [0.15, 0.2) is 5.16 Å². The number of ether oxygens (including phenoxy) is 1. The van der Waals surface area contributed by atoms with Crippen molar-refractivity contribution in [3.05, 3.63) is 74.8 Å². The molecule has 8 heteroatoms. The standard InChI is InChI=1S/C19H13ClFN3O2S/c1-27-19-23-17(14(9-22)18(25)24-19)11-4-2-6-13(8-11)26-10-12-5-3-7-15(20)16(12)21/h2-8H,10H2,1H3,(H,23,24,25). The molecule has 0 unspecified atom stereocenters. The van der Waals surface area contributed by atoms with E-state index in [1.54, 1.807) is 42.7 Å². The van der Waals surface area contributed by atoms with Crippen molar-refractivity contribution in [3.63, 3.8) is 0 Å². The normalized spacial score (nSPS) is 10.4. The van der Waals surface area contributed by atoms with E-state index >= 15 is 0 Å². The monoisotopic (exact) mass is 401 g/mol. The third kappa shape index (κ3) is 4.13. The molecule has 0 aliphatic carbocycles. The van der Waals surface area contributed by atoms with Crippen molar-refractivity contribution in [2.24, 2.45) is 0 Å². The maximum absolute atomic E-state index is 14.0. The van der Waals surface area contributed by atoms with E-state index in [0.29, 0.717) is 22.0 Å². The van der Waals surface area contributed by atoms with E-state index in [2.05, 4.69) is 9.97 Å². The fourth-order valence-corrected chi connectivity index (χ4v) is 2.99. The Morgan fingerprint density at radius 1 is 1.33 bits per heavy atom. The van der Waals surface area contributed by atoms with Crippen molar-refractivity contribution >= 4 is 23.4 Å². The second-order valence-electron chi connectivity index (χ2n) is 5.44. The number of thioether (sulfide) groups is 1. The zero-order valence-corrected chi connectivity index (χ0v) is 15.7. The molecule has 3 rings (SSSR count). The van der Waals surface area contributed by atoms with E-state index in [1.165, 1.54) is 17.8 Å². The smallest absolute Gasteiger partial charge is 0.270 e. The van der Waals surface area contributed by atoms with Gasteiger partial charge in [-0.2, -0.15) is 5.26 Å². The SMILES string of the molecule is CSc1nc(-c2cccc(OCc3cccc(Cl)c3F)c2)c(C#N)c(=O)[nH]1. The van der Waals surface area contributed by atoms with E-state index in [0.717, 1.165) is 0 Å². The number of benzene rings is 2. The first kappa shape index (κ1) is 19.0. The molecule has 0 spiro atoms. The third-order valence-corrected chi connectivity index (χ3v) is 4.61. The van der Waals surface area contributed by atoms with Gasteiger partial charge in [-0.3, -0.25) is 4.79 Å². The Hall–Kier alpha value is -2.82. The summed E-state index contributed by atoms with van der Waals surface area (Å²) in [7, 11) is 0. The first-order chi connectivity index (χ1) is 13.0. The molecule has 0 aliphatic rings. The molecule has 136 valence electrons. The van der Waals surface area contributed by atoms with Gasteiger partial charge in [0.25, 0.3) is 5.56 Å². The zero-order valence-electron chi connectivity index (χ0n) is 14.1. The molecule has 5 nitrogen and oxygen atoms in total. The van der Waals surface area contributed by atoms with Gasteiger partial charge >= 0.3 is 0 Å². The van der Waals surface area contributed by atoms with Gasteiger partial charge in [0, 0.05) is 11.1 Å². The van der Waals surface area contributed by atoms with Gasteiger partial charge < -0.3 is 9.72 Å². The van der Waals surface area contributed by atoms with Crippen LogP contribution in [0.25, 0.3) is 11.3 Å². The highest BCUT2D eigenvalue weighted by molar-refractivity contribution is 7.98. The number of nitrogens with one attached hydrogen (secondary N) is 1. The van der Waals surface area contributed by atoms with Crippen LogP contribution in [0.4, 0.5) is 4.39 Å². The number of hydrogen-bond donors (Lipinski definition) is 1. The van der Waals surface area contributed by atoms with Crippen LogP contribution in [0.15, 0.2) is 52.4 Å². The molecular formula is C19H13ClFN3O2S. The number of H-pyrrole nitrogens is 1. The molecule has 0 aliphatic heterocycles. The highest BCUT2D eigenvalue weighted by Crippen LogP contribution is 2.26. The lowest BCUT2D eigenvalue weighted by Gasteiger charge is -2.10. The van der Waals surface area contributed by atoms with Crippen LogP contribution < -0.4 is 10.3 Å². The van der Waals surface area contributed by atoms with Gasteiger partial charge in [-0.25, -0.2) is 9.37 Å². The fraction of sp³-hybridized carbons (Fsp3) is 0.105. The number of hydrogen-bond acceptors (Lipinski definition) is 5. The molecule has 0 saturated heterocycles. The second kappa shape index (κ2) is 8.25. The van der Waals surface area contributed by atoms with Crippen LogP contribution in [0.1, 0.15) is 11.1 Å². The summed E-state index contributed by atoms with van der Waals surface area (Å²) in [5.74, 6) is -0.0773. The number of rotatable bonds is 5. The molecule has 27 heavy (non-hydrogen) atoms. The highest BCUT2D eigenvalue weighted by Gasteiger charge is 2.14. The number of nitriles is 1. The van der Waals surface area contributed by atoms with Crippen molar-refractivity contribution in [1.29, 1.82) is 5.26 Å². The molecule has 0 amide bonds. The summed E-state index contributed by atoms with van der Waals surface area (Å²) in [6.07, 6.45) is 1.77. The predicted molar refractivity (Wildman–Crippen MR) is 103 cm³/mol. The lowest BCUT2D eigenvalue weighted by atomic mass is 10.1. The molecule has 0 radical (unpaired) electrons. The average Bonchev–Trinajstić information content (AvgIpc) is 2.68. The van der Waals surface area contributed by atoms with E-state index in [-0.39, 0.29) is 22.9 Å². The first-order valence-corrected chi connectivity index (χ1v) is 9.38. The van der Waals surface area contributed by atoms with Gasteiger partial charge in [-0.1, -0.05) is 47.6 Å². The Balaban J connectivity index is 1.93. The van der Waals surface area contributed by atoms with Crippen molar-refractivity contribution in [2.75, 3.05) is 6.26 Å². The molecule has 1 heterocycles. The first-order valence-electron chi connectivity index (χ1n) is 7.78. The quantitative estimate of drug-likeness (QED) is 0.506. The summed E-state index contributed by atoms with van der Waals surface area (Å²) < 4.78 is 19.6. The van der Waals surface area contributed by atoms with Crippen LogP contribution in [0.3, 0.4) is 0 Å². The zero-order chi connectivity index (χ0) is 19.4. The molecule has 1 N–H and O–H groups in total.